The summed E-state index contributed by atoms with van der Waals surface area (Å²) in [4.78, 5) is 20.5. The molecule has 2 heterocycles. The number of nitrogens with zero attached hydrogens (tertiary/aromatic N) is 3. The number of thioether (sulfide) groups is 1. The van der Waals surface area contributed by atoms with Crippen molar-refractivity contribution < 1.29 is 9.53 Å². The average molecular weight is 300 g/mol. The molecule has 0 unspecified atom stereocenters. The Morgan fingerprint density at radius 2 is 2.11 bits per heavy atom. The van der Waals surface area contributed by atoms with E-state index in [1.807, 2.05) is 27.0 Å². The van der Waals surface area contributed by atoms with Crippen molar-refractivity contribution in [2.75, 3.05) is 6.26 Å². The molecule has 0 saturated carbocycles. The zero-order valence-corrected chi connectivity index (χ0v) is 12.7. The van der Waals surface area contributed by atoms with Crippen LogP contribution in [0.3, 0.4) is 0 Å². The normalized spacial score (nSPS) is 11.8. The minimum atomic E-state index is -0.563. The van der Waals surface area contributed by atoms with Crippen LogP contribution in [0.4, 0.5) is 4.79 Å². The lowest BCUT2D eigenvalue weighted by molar-refractivity contribution is 0.0543. The van der Waals surface area contributed by atoms with Gasteiger partial charge in [-0.3, -0.25) is 0 Å². The molecule has 0 radical (unpaired) electrons. The predicted octanol–water partition coefficient (Wildman–Crippen LogP) is 3.59. The second-order valence-corrected chi connectivity index (χ2v) is 6.04. The standard InChI is InChI=1S/C12H14ClN3O2S/c1-12(2,3)18-11(17)16-6-5-7-8(13)14-10(19-4)15-9(7)16/h5-6H,1-4H3. The van der Waals surface area contributed by atoms with Crippen LogP contribution in [0.1, 0.15) is 20.8 Å². The van der Waals surface area contributed by atoms with Gasteiger partial charge < -0.3 is 4.74 Å². The second-order valence-electron chi connectivity index (χ2n) is 4.90. The van der Waals surface area contributed by atoms with E-state index in [4.69, 9.17) is 16.3 Å². The highest BCUT2D eigenvalue weighted by atomic mass is 35.5. The highest BCUT2D eigenvalue weighted by Gasteiger charge is 2.20. The molecule has 102 valence electrons. The molecule has 0 saturated heterocycles. The molecule has 2 rings (SSSR count). The fourth-order valence-electron chi connectivity index (χ4n) is 1.51. The summed E-state index contributed by atoms with van der Waals surface area (Å²) in [6.07, 6.45) is 2.95. The zero-order valence-electron chi connectivity index (χ0n) is 11.1. The Bertz CT molecular complexity index is 634. The molecule has 0 amide bonds. The van der Waals surface area contributed by atoms with Crippen LogP contribution >= 0.6 is 23.4 Å². The minimum Gasteiger partial charge on any atom is -0.443 e. The minimum absolute atomic E-state index is 0.330. The van der Waals surface area contributed by atoms with E-state index in [2.05, 4.69) is 9.97 Å². The van der Waals surface area contributed by atoms with Crippen LogP contribution in [0.25, 0.3) is 11.0 Å². The molecule has 0 aromatic carbocycles. The highest BCUT2D eigenvalue weighted by Crippen LogP contribution is 2.25. The van der Waals surface area contributed by atoms with E-state index in [0.717, 1.165) is 0 Å². The first-order chi connectivity index (χ1) is 8.81. The number of halogens is 1. The summed E-state index contributed by atoms with van der Waals surface area (Å²) in [5.41, 5.74) is -0.106. The molecule has 5 nitrogen and oxygen atoms in total. The third-order valence-corrected chi connectivity index (χ3v) is 3.09. The highest BCUT2D eigenvalue weighted by molar-refractivity contribution is 7.98. The van der Waals surface area contributed by atoms with Gasteiger partial charge >= 0.3 is 6.09 Å². The fraction of sp³-hybridized carbons (Fsp3) is 0.417. The first kappa shape index (κ1) is 14.1. The van der Waals surface area contributed by atoms with E-state index in [0.29, 0.717) is 21.3 Å². The topological polar surface area (TPSA) is 57.0 Å². The van der Waals surface area contributed by atoms with Crippen LogP contribution in [0.5, 0.6) is 0 Å². The van der Waals surface area contributed by atoms with Gasteiger partial charge in [0.05, 0.1) is 5.39 Å². The van der Waals surface area contributed by atoms with Crippen LogP contribution in [0.15, 0.2) is 17.4 Å². The molecule has 7 heteroatoms. The largest absolute Gasteiger partial charge is 0.443 e. The second kappa shape index (κ2) is 5.02. The summed E-state index contributed by atoms with van der Waals surface area (Å²) in [7, 11) is 0. The van der Waals surface area contributed by atoms with Gasteiger partial charge in [0.25, 0.3) is 0 Å². The van der Waals surface area contributed by atoms with Gasteiger partial charge in [0, 0.05) is 6.20 Å². The van der Waals surface area contributed by atoms with Crippen molar-refractivity contribution >= 4 is 40.5 Å². The first-order valence-electron chi connectivity index (χ1n) is 5.64. The summed E-state index contributed by atoms with van der Waals surface area (Å²) in [6.45, 7) is 5.43. The number of carbonyl (C=O) groups excluding carboxylic acids is 1. The SMILES string of the molecule is CSc1nc(Cl)c2ccn(C(=O)OC(C)(C)C)c2n1. The van der Waals surface area contributed by atoms with E-state index >= 15 is 0 Å². The lowest BCUT2D eigenvalue weighted by Crippen LogP contribution is -2.26. The Morgan fingerprint density at radius 3 is 2.68 bits per heavy atom. The molecule has 0 fully saturated rings. The molecule has 2 aromatic heterocycles. The van der Waals surface area contributed by atoms with Gasteiger partial charge in [0.2, 0.25) is 0 Å². The maximum absolute atomic E-state index is 12.1. The molecule has 19 heavy (non-hydrogen) atoms. The molecule has 0 atom stereocenters. The van der Waals surface area contributed by atoms with Crippen molar-refractivity contribution in [1.82, 2.24) is 14.5 Å². The van der Waals surface area contributed by atoms with Crippen molar-refractivity contribution in [3.05, 3.63) is 17.4 Å². The zero-order chi connectivity index (χ0) is 14.2. The smallest absolute Gasteiger partial charge is 0.420 e. The number of fused-ring (bicyclic) bond motifs is 1. The molecule has 2 aromatic rings. The van der Waals surface area contributed by atoms with Crippen LogP contribution in [0, 0.1) is 0 Å². The number of aromatic nitrogens is 3. The Labute approximate surface area is 120 Å². The fourth-order valence-corrected chi connectivity index (χ4v) is 2.15. The van der Waals surface area contributed by atoms with Crippen molar-refractivity contribution in [2.24, 2.45) is 0 Å². The van der Waals surface area contributed by atoms with Gasteiger partial charge in [-0.2, -0.15) is 0 Å². The third-order valence-electron chi connectivity index (χ3n) is 2.25. The van der Waals surface area contributed by atoms with E-state index in [1.54, 1.807) is 12.3 Å². The van der Waals surface area contributed by atoms with Gasteiger partial charge in [-0.05, 0) is 33.1 Å². The molecule has 0 spiro atoms. The van der Waals surface area contributed by atoms with Gasteiger partial charge in [-0.1, -0.05) is 23.4 Å². The predicted molar refractivity (Wildman–Crippen MR) is 76.0 cm³/mol. The van der Waals surface area contributed by atoms with Crippen molar-refractivity contribution in [2.45, 2.75) is 31.5 Å². The van der Waals surface area contributed by atoms with Crippen molar-refractivity contribution in [1.29, 1.82) is 0 Å². The number of carbonyl (C=O) groups is 1. The summed E-state index contributed by atoms with van der Waals surface area (Å²) < 4.78 is 6.66. The number of hydrogen-bond acceptors (Lipinski definition) is 5. The monoisotopic (exact) mass is 299 g/mol. The molecular weight excluding hydrogens is 286 g/mol. The van der Waals surface area contributed by atoms with Crippen molar-refractivity contribution in [3.8, 4) is 0 Å². The third kappa shape index (κ3) is 3.01. The summed E-state index contributed by atoms with van der Waals surface area (Å²) in [5.74, 6) is 0. The molecule has 0 N–H and O–H groups in total. The number of rotatable bonds is 1. The number of ether oxygens (including phenoxy) is 1. The van der Waals surface area contributed by atoms with Crippen LogP contribution in [0.2, 0.25) is 5.15 Å². The van der Waals surface area contributed by atoms with E-state index in [1.165, 1.54) is 16.3 Å². The maximum atomic E-state index is 12.1. The lowest BCUT2D eigenvalue weighted by Gasteiger charge is -2.19. The van der Waals surface area contributed by atoms with Gasteiger partial charge in [-0.25, -0.2) is 19.3 Å². The quantitative estimate of drug-likeness (QED) is 0.457. The molecule has 0 aliphatic rings. The molecular formula is C12H14ClN3O2S. The van der Waals surface area contributed by atoms with Crippen LogP contribution in [-0.4, -0.2) is 32.5 Å². The van der Waals surface area contributed by atoms with Crippen molar-refractivity contribution in [3.63, 3.8) is 0 Å². The van der Waals surface area contributed by atoms with Crippen LogP contribution < -0.4 is 0 Å². The maximum Gasteiger partial charge on any atom is 0.420 e. The summed E-state index contributed by atoms with van der Waals surface area (Å²) >= 11 is 7.42. The first-order valence-corrected chi connectivity index (χ1v) is 7.24. The Kier molecular flexibility index (Phi) is 3.73. The molecule has 0 bridgehead atoms. The van der Waals surface area contributed by atoms with Gasteiger partial charge in [-0.15, -0.1) is 0 Å². The van der Waals surface area contributed by atoms with E-state index in [9.17, 15) is 4.79 Å². The lowest BCUT2D eigenvalue weighted by atomic mass is 10.2. The van der Waals surface area contributed by atoms with Crippen LogP contribution in [-0.2, 0) is 4.74 Å². The summed E-state index contributed by atoms with van der Waals surface area (Å²) in [6, 6.07) is 1.70. The number of hydrogen-bond donors (Lipinski definition) is 0. The molecule has 0 aliphatic carbocycles. The Morgan fingerprint density at radius 1 is 1.42 bits per heavy atom. The molecule has 0 aliphatic heterocycles. The summed E-state index contributed by atoms with van der Waals surface area (Å²) in [5, 5.41) is 1.47. The van der Waals surface area contributed by atoms with E-state index < -0.39 is 11.7 Å². The van der Waals surface area contributed by atoms with E-state index in [-0.39, 0.29) is 0 Å². The van der Waals surface area contributed by atoms with Gasteiger partial charge in [0.1, 0.15) is 10.8 Å². The van der Waals surface area contributed by atoms with Gasteiger partial charge in [0.15, 0.2) is 10.8 Å². The average Bonchev–Trinajstić information content (AvgIpc) is 2.70. The Balaban J connectivity index is 2.50. The Hall–Kier alpha value is -1.27.